The molecule has 0 aromatic heterocycles. The van der Waals surface area contributed by atoms with Gasteiger partial charge in [0.2, 0.25) is 0 Å². The van der Waals surface area contributed by atoms with Crippen molar-refractivity contribution >= 4 is 46.4 Å². The molecule has 0 atom stereocenters. The lowest BCUT2D eigenvalue weighted by atomic mass is 9.82. The average molecular weight is 460 g/mol. The van der Waals surface area contributed by atoms with Crippen LogP contribution in [0, 0.1) is 11.8 Å². The molecule has 2 aromatic rings. The van der Waals surface area contributed by atoms with Crippen LogP contribution in [-0.4, -0.2) is 13.1 Å². The Morgan fingerprint density at radius 3 is 1.36 bits per heavy atom. The molecule has 1 aliphatic rings. The molecule has 0 heterocycles. The molecular weight excluding hydrogens is 434 g/mol. The lowest BCUT2D eigenvalue weighted by Gasteiger charge is -2.29. The number of hydrogen-bond donors (Lipinski definition) is 2. The molecule has 3 rings (SSSR count). The fourth-order valence-electron chi connectivity index (χ4n) is 3.78. The summed E-state index contributed by atoms with van der Waals surface area (Å²) in [5, 5.41) is 9.59. The summed E-state index contributed by atoms with van der Waals surface area (Å²) in [6.07, 6.45) is 5.14. The van der Waals surface area contributed by atoms with Gasteiger partial charge in [-0.25, -0.2) is 0 Å². The minimum absolute atomic E-state index is 0.608. The zero-order valence-corrected chi connectivity index (χ0v) is 18.8. The zero-order valence-electron chi connectivity index (χ0n) is 15.8. The highest BCUT2D eigenvalue weighted by Gasteiger charge is 2.20. The van der Waals surface area contributed by atoms with Crippen molar-refractivity contribution in [2.45, 2.75) is 38.8 Å². The average Bonchev–Trinajstić information content (AvgIpc) is 2.69. The van der Waals surface area contributed by atoms with Crippen LogP contribution in [0.1, 0.15) is 36.8 Å². The van der Waals surface area contributed by atoms with E-state index in [2.05, 4.69) is 10.6 Å². The quantitative estimate of drug-likeness (QED) is 0.444. The van der Waals surface area contributed by atoms with Crippen LogP contribution < -0.4 is 10.6 Å². The highest BCUT2D eigenvalue weighted by atomic mass is 35.5. The molecule has 1 aliphatic carbocycles. The first-order valence-corrected chi connectivity index (χ1v) is 11.3. The van der Waals surface area contributed by atoms with Crippen LogP contribution in [0.15, 0.2) is 36.4 Å². The van der Waals surface area contributed by atoms with Gasteiger partial charge in [0.05, 0.1) is 20.1 Å². The van der Waals surface area contributed by atoms with E-state index in [0.29, 0.717) is 20.1 Å². The van der Waals surface area contributed by atoms with E-state index in [0.717, 1.165) is 38.0 Å². The molecule has 1 fully saturated rings. The Labute approximate surface area is 187 Å². The molecule has 0 unspecified atom stereocenters. The molecule has 28 heavy (non-hydrogen) atoms. The van der Waals surface area contributed by atoms with Crippen LogP contribution >= 0.6 is 46.4 Å². The summed E-state index contributed by atoms with van der Waals surface area (Å²) in [6, 6.07) is 11.6. The van der Waals surface area contributed by atoms with E-state index in [-0.39, 0.29) is 0 Å². The van der Waals surface area contributed by atoms with E-state index in [1.54, 1.807) is 0 Å². The van der Waals surface area contributed by atoms with E-state index >= 15 is 0 Å². The standard InChI is InChI=1S/C22H26Cl4N2/c23-19-7-5-17(9-21(19)25)13-27-11-15-1-2-16(4-3-15)12-28-14-18-6-8-20(24)22(26)10-18/h5-10,15-16,27-28H,1-4,11-14H2. The summed E-state index contributed by atoms with van der Waals surface area (Å²) in [6.45, 7) is 3.79. The van der Waals surface area contributed by atoms with Gasteiger partial charge in [-0.3, -0.25) is 0 Å². The number of rotatable bonds is 8. The van der Waals surface area contributed by atoms with E-state index in [1.807, 2.05) is 36.4 Å². The number of benzene rings is 2. The normalized spacial score (nSPS) is 19.7. The zero-order chi connectivity index (χ0) is 19.9. The van der Waals surface area contributed by atoms with Crippen LogP contribution in [0.2, 0.25) is 20.1 Å². The van der Waals surface area contributed by atoms with Crippen LogP contribution in [0.3, 0.4) is 0 Å². The highest BCUT2D eigenvalue weighted by molar-refractivity contribution is 6.42. The summed E-state index contributed by atoms with van der Waals surface area (Å²) < 4.78 is 0. The first-order chi connectivity index (χ1) is 13.5. The molecule has 1 saturated carbocycles. The second-order valence-electron chi connectivity index (χ2n) is 7.65. The number of nitrogens with one attached hydrogen (secondary N) is 2. The van der Waals surface area contributed by atoms with Crippen molar-refractivity contribution in [3.05, 3.63) is 67.6 Å². The van der Waals surface area contributed by atoms with Crippen LogP contribution in [0.25, 0.3) is 0 Å². The van der Waals surface area contributed by atoms with Gasteiger partial charge in [0, 0.05) is 13.1 Å². The topological polar surface area (TPSA) is 24.1 Å². The molecule has 152 valence electrons. The Bertz CT molecular complexity index is 708. The van der Waals surface area contributed by atoms with Crippen molar-refractivity contribution in [3.8, 4) is 0 Å². The van der Waals surface area contributed by atoms with Gasteiger partial charge in [0.1, 0.15) is 0 Å². The molecule has 0 aliphatic heterocycles. The third-order valence-corrected chi connectivity index (χ3v) is 6.94. The van der Waals surface area contributed by atoms with Crippen molar-refractivity contribution in [1.29, 1.82) is 0 Å². The van der Waals surface area contributed by atoms with Crippen molar-refractivity contribution in [1.82, 2.24) is 10.6 Å². The van der Waals surface area contributed by atoms with Crippen LogP contribution in [0.5, 0.6) is 0 Å². The van der Waals surface area contributed by atoms with Crippen molar-refractivity contribution < 1.29 is 0 Å². The minimum atomic E-state index is 0.608. The van der Waals surface area contributed by atoms with E-state index in [1.165, 1.54) is 36.8 Å². The predicted octanol–water partition coefficient (Wildman–Crippen LogP) is 6.99. The summed E-state index contributed by atoms with van der Waals surface area (Å²) in [4.78, 5) is 0. The van der Waals surface area contributed by atoms with Crippen molar-refractivity contribution in [2.75, 3.05) is 13.1 Å². The maximum atomic E-state index is 6.07. The summed E-state index contributed by atoms with van der Waals surface area (Å²) >= 11 is 24.1. The van der Waals surface area contributed by atoms with Gasteiger partial charge in [-0.1, -0.05) is 58.5 Å². The first kappa shape index (κ1) is 22.2. The summed E-state index contributed by atoms with van der Waals surface area (Å²) in [5.41, 5.74) is 2.35. The molecule has 0 spiro atoms. The van der Waals surface area contributed by atoms with Gasteiger partial charge in [0.15, 0.2) is 0 Å². The fraction of sp³-hybridized carbons (Fsp3) is 0.455. The molecular formula is C22H26Cl4N2. The highest BCUT2D eigenvalue weighted by Crippen LogP contribution is 2.28. The van der Waals surface area contributed by atoms with E-state index < -0.39 is 0 Å². The molecule has 2 nitrogen and oxygen atoms in total. The molecule has 0 bridgehead atoms. The minimum Gasteiger partial charge on any atom is -0.312 e. The second kappa shape index (κ2) is 11.1. The Kier molecular flexibility index (Phi) is 8.77. The van der Waals surface area contributed by atoms with Gasteiger partial charge >= 0.3 is 0 Å². The lowest BCUT2D eigenvalue weighted by Crippen LogP contribution is -2.30. The third-order valence-electron chi connectivity index (χ3n) is 5.46. The lowest BCUT2D eigenvalue weighted by molar-refractivity contribution is 0.261. The molecule has 0 radical (unpaired) electrons. The van der Waals surface area contributed by atoms with Crippen molar-refractivity contribution in [3.63, 3.8) is 0 Å². The van der Waals surface area contributed by atoms with Gasteiger partial charge in [-0.05, 0) is 86.0 Å². The maximum Gasteiger partial charge on any atom is 0.0595 e. The van der Waals surface area contributed by atoms with Crippen molar-refractivity contribution in [2.24, 2.45) is 11.8 Å². The maximum absolute atomic E-state index is 6.07. The second-order valence-corrected chi connectivity index (χ2v) is 9.27. The van der Waals surface area contributed by atoms with Gasteiger partial charge in [-0.2, -0.15) is 0 Å². The molecule has 0 saturated heterocycles. The Morgan fingerprint density at radius 1 is 0.607 bits per heavy atom. The molecule has 2 aromatic carbocycles. The SMILES string of the molecule is Clc1ccc(CNCC2CCC(CNCc3ccc(Cl)c(Cl)c3)CC2)cc1Cl. The predicted molar refractivity (Wildman–Crippen MR) is 122 cm³/mol. The Balaban J connectivity index is 1.30. The molecule has 2 N–H and O–H groups in total. The van der Waals surface area contributed by atoms with Gasteiger partial charge < -0.3 is 10.6 Å². The smallest absolute Gasteiger partial charge is 0.0595 e. The first-order valence-electron chi connectivity index (χ1n) is 9.80. The fourth-order valence-corrected chi connectivity index (χ4v) is 4.42. The van der Waals surface area contributed by atoms with E-state index in [4.69, 9.17) is 46.4 Å². The van der Waals surface area contributed by atoms with E-state index in [9.17, 15) is 0 Å². The Hall–Kier alpha value is -0.480. The van der Waals surface area contributed by atoms with Crippen LogP contribution in [-0.2, 0) is 13.1 Å². The summed E-state index contributed by atoms with van der Waals surface area (Å²) in [7, 11) is 0. The summed E-state index contributed by atoms with van der Waals surface area (Å²) in [5.74, 6) is 1.52. The third kappa shape index (κ3) is 6.79. The molecule has 0 amide bonds. The molecule has 6 heteroatoms. The number of hydrogen-bond acceptors (Lipinski definition) is 2. The van der Waals surface area contributed by atoms with Crippen LogP contribution in [0.4, 0.5) is 0 Å². The number of halogens is 4. The Morgan fingerprint density at radius 2 is 1.00 bits per heavy atom. The monoisotopic (exact) mass is 458 g/mol. The van der Waals surface area contributed by atoms with Gasteiger partial charge in [0.25, 0.3) is 0 Å². The largest absolute Gasteiger partial charge is 0.312 e. The van der Waals surface area contributed by atoms with Gasteiger partial charge in [-0.15, -0.1) is 0 Å².